The van der Waals surface area contributed by atoms with Crippen molar-refractivity contribution in [3.05, 3.63) is 0 Å². The summed E-state index contributed by atoms with van der Waals surface area (Å²) in [4.78, 5) is 0. The van der Waals surface area contributed by atoms with Gasteiger partial charge in [-0.1, -0.05) is 19.3 Å². The summed E-state index contributed by atoms with van der Waals surface area (Å²) in [6.07, 6.45) is 10.3. The molecule has 1 saturated heterocycles. The molecular weight excluding hydrogens is 174 g/mol. The summed E-state index contributed by atoms with van der Waals surface area (Å²) in [5, 5.41) is 3.57. The second-order valence-electron chi connectivity index (χ2n) is 4.80. The maximum Gasteiger partial charge on any atom is 0.0700 e. The van der Waals surface area contributed by atoms with Crippen LogP contribution in [0.15, 0.2) is 0 Å². The normalized spacial score (nSPS) is 29.6. The first-order chi connectivity index (χ1) is 6.95. The molecular formula is C12H23NO. The van der Waals surface area contributed by atoms with Crippen molar-refractivity contribution in [2.75, 3.05) is 19.7 Å². The summed E-state index contributed by atoms with van der Waals surface area (Å²) >= 11 is 0. The SMILES string of the molecule is C1CCC(CNC[C@H]2CCCO2)CC1. The van der Waals surface area contributed by atoms with Crippen molar-refractivity contribution in [3.8, 4) is 0 Å². The van der Waals surface area contributed by atoms with Crippen LogP contribution in [0.5, 0.6) is 0 Å². The van der Waals surface area contributed by atoms with Gasteiger partial charge in [0.25, 0.3) is 0 Å². The van der Waals surface area contributed by atoms with Gasteiger partial charge in [-0.05, 0) is 38.1 Å². The van der Waals surface area contributed by atoms with E-state index in [4.69, 9.17) is 4.74 Å². The quantitative estimate of drug-likeness (QED) is 0.747. The molecule has 0 unspecified atom stereocenters. The molecule has 2 nitrogen and oxygen atoms in total. The first-order valence-electron chi connectivity index (χ1n) is 6.27. The van der Waals surface area contributed by atoms with Crippen molar-refractivity contribution < 1.29 is 4.74 Å². The molecule has 2 aliphatic rings. The summed E-state index contributed by atoms with van der Waals surface area (Å²) in [6, 6.07) is 0. The molecule has 1 N–H and O–H groups in total. The molecule has 2 fully saturated rings. The number of hydrogen-bond acceptors (Lipinski definition) is 2. The van der Waals surface area contributed by atoms with Crippen LogP contribution in [0.25, 0.3) is 0 Å². The fourth-order valence-electron chi connectivity index (χ4n) is 2.65. The van der Waals surface area contributed by atoms with Gasteiger partial charge in [0.2, 0.25) is 0 Å². The predicted octanol–water partition coefficient (Wildman–Crippen LogP) is 2.34. The maximum absolute atomic E-state index is 5.58. The number of hydrogen-bond donors (Lipinski definition) is 1. The van der Waals surface area contributed by atoms with Gasteiger partial charge in [-0.3, -0.25) is 0 Å². The molecule has 82 valence electrons. The van der Waals surface area contributed by atoms with Gasteiger partial charge in [0.05, 0.1) is 6.10 Å². The standard InChI is InChI=1S/C12H23NO/c1-2-5-11(6-3-1)9-13-10-12-7-4-8-14-12/h11-13H,1-10H2/t12-/m1/s1. The summed E-state index contributed by atoms with van der Waals surface area (Å²) < 4.78 is 5.58. The minimum Gasteiger partial charge on any atom is -0.377 e. The first-order valence-corrected chi connectivity index (χ1v) is 6.27. The number of rotatable bonds is 4. The smallest absolute Gasteiger partial charge is 0.0700 e. The summed E-state index contributed by atoms with van der Waals surface area (Å²) in [7, 11) is 0. The van der Waals surface area contributed by atoms with Gasteiger partial charge in [-0.2, -0.15) is 0 Å². The van der Waals surface area contributed by atoms with E-state index in [1.807, 2.05) is 0 Å². The van der Waals surface area contributed by atoms with Gasteiger partial charge >= 0.3 is 0 Å². The molecule has 0 amide bonds. The van der Waals surface area contributed by atoms with Crippen molar-refractivity contribution in [1.29, 1.82) is 0 Å². The van der Waals surface area contributed by atoms with Crippen LogP contribution < -0.4 is 5.32 Å². The molecule has 1 saturated carbocycles. The fourth-order valence-corrected chi connectivity index (χ4v) is 2.65. The minimum absolute atomic E-state index is 0.513. The Morgan fingerprint density at radius 2 is 1.79 bits per heavy atom. The Morgan fingerprint density at radius 1 is 0.929 bits per heavy atom. The summed E-state index contributed by atoms with van der Waals surface area (Å²) in [5.74, 6) is 0.949. The molecule has 2 heteroatoms. The Hall–Kier alpha value is -0.0800. The largest absolute Gasteiger partial charge is 0.377 e. The van der Waals surface area contributed by atoms with Crippen molar-refractivity contribution in [3.63, 3.8) is 0 Å². The van der Waals surface area contributed by atoms with E-state index < -0.39 is 0 Å². The van der Waals surface area contributed by atoms with Crippen molar-refractivity contribution in [1.82, 2.24) is 5.32 Å². The molecule has 1 aliphatic heterocycles. The molecule has 1 heterocycles. The molecule has 0 bridgehead atoms. The molecule has 0 aromatic carbocycles. The second-order valence-corrected chi connectivity index (χ2v) is 4.80. The van der Waals surface area contributed by atoms with Gasteiger partial charge in [-0.25, -0.2) is 0 Å². The van der Waals surface area contributed by atoms with Crippen LogP contribution in [0.3, 0.4) is 0 Å². The Balaban J connectivity index is 1.52. The van der Waals surface area contributed by atoms with Gasteiger partial charge in [0.1, 0.15) is 0 Å². The summed E-state index contributed by atoms with van der Waals surface area (Å²) in [6.45, 7) is 3.28. The first kappa shape index (κ1) is 10.4. The van der Waals surface area contributed by atoms with Gasteiger partial charge in [0.15, 0.2) is 0 Å². The zero-order chi connectivity index (χ0) is 9.64. The lowest BCUT2D eigenvalue weighted by atomic mass is 9.89. The number of ether oxygens (including phenoxy) is 1. The van der Waals surface area contributed by atoms with E-state index >= 15 is 0 Å². The van der Waals surface area contributed by atoms with Crippen LogP contribution in [0, 0.1) is 5.92 Å². The van der Waals surface area contributed by atoms with Gasteiger partial charge < -0.3 is 10.1 Å². The monoisotopic (exact) mass is 197 g/mol. The van der Waals surface area contributed by atoms with Gasteiger partial charge in [-0.15, -0.1) is 0 Å². The molecule has 14 heavy (non-hydrogen) atoms. The predicted molar refractivity (Wildman–Crippen MR) is 58.4 cm³/mol. The van der Waals surface area contributed by atoms with Crippen LogP contribution >= 0.6 is 0 Å². The average Bonchev–Trinajstić information content (AvgIpc) is 2.72. The molecule has 0 aromatic rings. The average molecular weight is 197 g/mol. The molecule has 0 spiro atoms. The van der Waals surface area contributed by atoms with E-state index in [2.05, 4.69) is 5.32 Å². The minimum atomic E-state index is 0.513. The highest BCUT2D eigenvalue weighted by Gasteiger charge is 2.16. The Bertz CT molecular complexity index is 148. The van der Waals surface area contributed by atoms with Crippen LogP contribution in [0.1, 0.15) is 44.9 Å². The fraction of sp³-hybridized carbons (Fsp3) is 1.00. The second kappa shape index (κ2) is 5.72. The van der Waals surface area contributed by atoms with E-state index in [1.165, 1.54) is 51.5 Å². The van der Waals surface area contributed by atoms with Crippen molar-refractivity contribution >= 4 is 0 Å². The third-order valence-electron chi connectivity index (χ3n) is 3.55. The topological polar surface area (TPSA) is 21.3 Å². The van der Waals surface area contributed by atoms with Crippen LogP contribution in [0.2, 0.25) is 0 Å². The molecule has 1 aliphatic carbocycles. The maximum atomic E-state index is 5.58. The van der Waals surface area contributed by atoms with Gasteiger partial charge in [0, 0.05) is 13.2 Å². The van der Waals surface area contributed by atoms with E-state index in [0.29, 0.717) is 6.10 Å². The van der Waals surface area contributed by atoms with E-state index in [9.17, 15) is 0 Å². The highest BCUT2D eigenvalue weighted by Crippen LogP contribution is 2.22. The third kappa shape index (κ3) is 3.25. The lowest BCUT2D eigenvalue weighted by molar-refractivity contribution is 0.108. The van der Waals surface area contributed by atoms with E-state index in [-0.39, 0.29) is 0 Å². The molecule has 0 aromatic heterocycles. The molecule has 0 radical (unpaired) electrons. The summed E-state index contributed by atoms with van der Waals surface area (Å²) in [5.41, 5.74) is 0. The van der Waals surface area contributed by atoms with Crippen LogP contribution in [0.4, 0.5) is 0 Å². The Morgan fingerprint density at radius 3 is 2.50 bits per heavy atom. The highest BCUT2D eigenvalue weighted by atomic mass is 16.5. The lowest BCUT2D eigenvalue weighted by Crippen LogP contribution is -2.31. The molecule has 2 rings (SSSR count). The number of nitrogens with one attached hydrogen (secondary N) is 1. The zero-order valence-corrected chi connectivity index (χ0v) is 9.13. The van der Waals surface area contributed by atoms with Crippen molar-refractivity contribution in [2.45, 2.75) is 51.0 Å². The lowest BCUT2D eigenvalue weighted by Gasteiger charge is -2.22. The van der Waals surface area contributed by atoms with Crippen molar-refractivity contribution in [2.24, 2.45) is 5.92 Å². The zero-order valence-electron chi connectivity index (χ0n) is 9.13. The van der Waals surface area contributed by atoms with E-state index in [0.717, 1.165) is 19.1 Å². The third-order valence-corrected chi connectivity index (χ3v) is 3.55. The van der Waals surface area contributed by atoms with Crippen LogP contribution in [-0.4, -0.2) is 25.8 Å². The Labute approximate surface area is 87.4 Å². The Kier molecular flexibility index (Phi) is 4.26. The highest BCUT2D eigenvalue weighted by molar-refractivity contribution is 4.71. The van der Waals surface area contributed by atoms with E-state index in [1.54, 1.807) is 0 Å². The van der Waals surface area contributed by atoms with Crippen LogP contribution in [-0.2, 0) is 4.74 Å². The molecule has 1 atom stereocenters.